The zero-order valence-corrected chi connectivity index (χ0v) is 24.0. The predicted molar refractivity (Wildman–Crippen MR) is 157 cm³/mol. The van der Waals surface area contributed by atoms with Gasteiger partial charge in [0.05, 0.1) is 24.5 Å². The van der Waals surface area contributed by atoms with E-state index in [1.165, 1.54) is 6.20 Å². The first-order valence-electron chi connectivity index (χ1n) is 14.1. The van der Waals surface area contributed by atoms with Gasteiger partial charge in [0.15, 0.2) is 6.04 Å². The van der Waals surface area contributed by atoms with E-state index in [-0.39, 0.29) is 11.8 Å². The summed E-state index contributed by atoms with van der Waals surface area (Å²) in [5, 5.41) is 10.1. The topological polar surface area (TPSA) is 132 Å². The van der Waals surface area contributed by atoms with Gasteiger partial charge < -0.3 is 26.0 Å². The van der Waals surface area contributed by atoms with Gasteiger partial charge in [0.1, 0.15) is 11.8 Å². The number of likely N-dealkylation sites (tertiary alicyclic amines) is 1. The standard InChI is InChI=1S/C31H40N6O4/c1-31(2,32)30(40)35-26(13-9-12-22-10-5-4-6-11-22)28(38)34-24-20-33-37(21-24)27(29(39)36-18-7-8-19-36)23-14-16-25(41-3)17-15-23/h4-6,10-11,14-17,20-21,26-27H,7-9,12-13,18-19,32H2,1-3H3,(H,34,38)(H,35,40). The number of rotatable bonds is 12. The third-order valence-electron chi connectivity index (χ3n) is 7.22. The molecule has 10 nitrogen and oxygen atoms in total. The molecule has 1 saturated heterocycles. The third-order valence-corrected chi connectivity index (χ3v) is 7.22. The molecule has 218 valence electrons. The van der Waals surface area contributed by atoms with Crippen LogP contribution in [0, 0.1) is 0 Å². The molecule has 2 atom stereocenters. The van der Waals surface area contributed by atoms with E-state index in [0.29, 0.717) is 37.4 Å². The Morgan fingerprint density at radius 3 is 2.37 bits per heavy atom. The summed E-state index contributed by atoms with van der Waals surface area (Å²) in [4.78, 5) is 41.5. The minimum Gasteiger partial charge on any atom is -0.497 e. The van der Waals surface area contributed by atoms with Crippen molar-refractivity contribution in [3.05, 3.63) is 78.1 Å². The van der Waals surface area contributed by atoms with Gasteiger partial charge in [-0.25, -0.2) is 0 Å². The summed E-state index contributed by atoms with van der Waals surface area (Å²) in [6, 6.07) is 15.8. The molecule has 0 spiro atoms. The van der Waals surface area contributed by atoms with Crippen LogP contribution in [-0.4, -0.2) is 64.2 Å². The van der Waals surface area contributed by atoms with Crippen molar-refractivity contribution < 1.29 is 19.1 Å². The van der Waals surface area contributed by atoms with Crippen LogP contribution in [0.25, 0.3) is 0 Å². The highest BCUT2D eigenvalue weighted by Crippen LogP contribution is 2.26. The summed E-state index contributed by atoms with van der Waals surface area (Å²) in [5.41, 5.74) is 7.20. The highest BCUT2D eigenvalue weighted by Gasteiger charge is 2.31. The van der Waals surface area contributed by atoms with E-state index in [1.54, 1.807) is 31.8 Å². The molecule has 3 aromatic rings. The van der Waals surface area contributed by atoms with Crippen molar-refractivity contribution in [2.75, 3.05) is 25.5 Å². The Kier molecular flexibility index (Phi) is 9.78. The number of hydrogen-bond acceptors (Lipinski definition) is 6. The van der Waals surface area contributed by atoms with Gasteiger partial charge in [-0.1, -0.05) is 42.5 Å². The van der Waals surface area contributed by atoms with Crippen molar-refractivity contribution >= 4 is 23.4 Å². The molecule has 0 aliphatic carbocycles. The highest BCUT2D eigenvalue weighted by atomic mass is 16.5. The van der Waals surface area contributed by atoms with Crippen LogP contribution < -0.4 is 21.1 Å². The molecule has 2 unspecified atom stereocenters. The van der Waals surface area contributed by atoms with E-state index in [2.05, 4.69) is 15.7 Å². The molecule has 10 heteroatoms. The first-order chi connectivity index (χ1) is 19.7. The molecule has 1 fully saturated rings. The predicted octanol–water partition coefficient (Wildman–Crippen LogP) is 3.29. The van der Waals surface area contributed by atoms with Crippen LogP contribution in [0.5, 0.6) is 5.75 Å². The van der Waals surface area contributed by atoms with Crippen molar-refractivity contribution in [1.29, 1.82) is 0 Å². The molecule has 2 heterocycles. The summed E-state index contributed by atoms with van der Waals surface area (Å²) < 4.78 is 6.86. The number of benzene rings is 2. The van der Waals surface area contributed by atoms with Crippen LogP contribution in [0.4, 0.5) is 5.69 Å². The van der Waals surface area contributed by atoms with Crippen LogP contribution in [-0.2, 0) is 20.8 Å². The van der Waals surface area contributed by atoms with E-state index in [9.17, 15) is 14.4 Å². The SMILES string of the molecule is COc1ccc(C(C(=O)N2CCCC2)n2cc(NC(=O)C(CCCc3ccccc3)NC(=O)C(C)(C)N)cn2)cc1. The summed E-state index contributed by atoms with van der Waals surface area (Å²) >= 11 is 0. The summed E-state index contributed by atoms with van der Waals surface area (Å²) in [7, 11) is 1.59. The van der Waals surface area contributed by atoms with Crippen molar-refractivity contribution in [3.63, 3.8) is 0 Å². The first-order valence-corrected chi connectivity index (χ1v) is 14.1. The molecule has 0 saturated carbocycles. The molecule has 1 aliphatic rings. The Labute approximate surface area is 241 Å². The number of carbonyl (C=O) groups is 3. The van der Waals surface area contributed by atoms with Gasteiger partial charge in [0.25, 0.3) is 5.91 Å². The van der Waals surface area contributed by atoms with Gasteiger partial charge in [-0.3, -0.25) is 19.1 Å². The molecule has 1 aliphatic heterocycles. The fourth-order valence-corrected chi connectivity index (χ4v) is 4.85. The lowest BCUT2D eigenvalue weighted by atomic mass is 10.0. The Bertz CT molecular complexity index is 1310. The minimum atomic E-state index is -1.13. The van der Waals surface area contributed by atoms with Gasteiger partial charge in [-0.15, -0.1) is 0 Å². The van der Waals surface area contributed by atoms with E-state index in [0.717, 1.165) is 30.4 Å². The molecule has 0 radical (unpaired) electrons. The van der Waals surface area contributed by atoms with E-state index >= 15 is 0 Å². The van der Waals surface area contributed by atoms with Gasteiger partial charge in [0.2, 0.25) is 11.8 Å². The Hall–Kier alpha value is -4.18. The number of carbonyl (C=O) groups excluding carboxylic acids is 3. The number of aryl methyl sites for hydroxylation is 1. The molecule has 3 amide bonds. The maximum absolute atomic E-state index is 13.6. The Morgan fingerprint density at radius 1 is 1.05 bits per heavy atom. The zero-order chi connectivity index (χ0) is 29.4. The van der Waals surface area contributed by atoms with Crippen LogP contribution >= 0.6 is 0 Å². The van der Waals surface area contributed by atoms with Gasteiger partial charge >= 0.3 is 0 Å². The number of nitrogens with two attached hydrogens (primary N) is 1. The number of hydrogen-bond donors (Lipinski definition) is 3. The second-order valence-electron chi connectivity index (χ2n) is 11.0. The van der Waals surface area contributed by atoms with Crippen molar-refractivity contribution in [2.45, 2.75) is 63.6 Å². The Balaban J connectivity index is 1.51. The van der Waals surface area contributed by atoms with Crippen LogP contribution in [0.3, 0.4) is 0 Å². The lowest BCUT2D eigenvalue weighted by Crippen LogP contribution is -2.54. The summed E-state index contributed by atoms with van der Waals surface area (Å²) in [6.07, 6.45) is 7.00. The lowest BCUT2D eigenvalue weighted by molar-refractivity contribution is -0.132. The molecular formula is C31H40N6O4. The minimum absolute atomic E-state index is 0.0510. The molecular weight excluding hydrogens is 520 g/mol. The monoisotopic (exact) mass is 560 g/mol. The average molecular weight is 561 g/mol. The number of amides is 3. The number of ether oxygens (including phenoxy) is 1. The zero-order valence-electron chi connectivity index (χ0n) is 24.0. The molecule has 4 N–H and O–H groups in total. The van der Waals surface area contributed by atoms with Crippen molar-refractivity contribution in [2.24, 2.45) is 5.73 Å². The fourth-order valence-electron chi connectivity index (χ4n) is 4.85. The van der Waals surface area contributed by atoms with E-state index < -0.39 is 23.5 Å². The molecule has 41 heavy (non-hydrogen) atoms. The molecule has 4 rings (SSSR count). The van der Waals surface area contributed by atoms with Gasteiger partial charge in [-0.05, 0) is 69.2 Å². The molecule has 2 aromatic carbocycles. The lowest BCUT2D eigenvalue weighted by Gasteiger charge is -2.24. The van der Waals surface area contributed by atoms with Crippen LogP contribution in [0.15, 0.2) is 67.0 Å². The van der Waals surface area contributed by atoms with Crippen molar-refractivity contribution in [3.8, 4) is 5.75 Å². The van der Waals surface area contributed by atoms with Crippen LogP contribution in [0.2, 0.25) is 0 Å². The van der Waals surface area contributed by atoms with E-state index in [4.69, 9.17) is 10.5 Å². The van der Waals surface area contributed by atoms with Gasteiger partial charge in [-0.2, -0.15) is 5.10 Å². The number of anilines is 1. The summed E-state index contributed by atoms with van der Waals surface area (Å²) in [6.45, 7) is 4.61. The maximum Gasteiger partial charge on any atom is 0.252 e. The van der Waals surface area contributed by atoms with E-state index in [1.807, 2.05) is 59.5 Å². The molecule has 1 aromatic heterocycles. The molecule has 0 bridgehead atoms. The average Bonchev–Trinajstić information content (AvgIpc) is 3.66. The number of methoxy groups -OCH3 is 1. The largest absolute Gasteiger partial charge is 0.497 e. The maximum atomic E-state index is 13.6. The Morgan fingerprint density at radius 2 is 1.73 bits per heavy atom. The summed E-state index contributed by atoms with van der Waals surface area (Å²) in [5.74, 6) is -0.147. The second kappa shape index (κ2) is 13.5. The van der Waals surface area contributed by atoms with Gasteiger partial charge in [0, 0.05) is 19.3 Å². The number of aromatic nitrogens is 2. The fraction of sp³-hybridized carbons (Fsp3) is 0.419. The smallest absolute Gasteiger partial charge is 0.252 e. The third kappa shape index (κ3) is 7.94. The first kappa shape index (κ1) is 29.8. The van der Waals surface area contributed by atoms with Crippen molar-refractivity contribution in [1.82, 2.24) is 20.0 Å². The van der Waals surface area contributed by atoms with Crippen LogP contribution in [0.1, 0.15) is 56.7 Å². The second-order valence-corrected chi connectivity index (χ2v) is 11.0. The quantitative estimate of drug-likeness (QED) is 0.312. The number of nitrogens with one attached hydrogen (secondary N) is 2. The normalized spacial score (nSPS) is 14.8. The number of nitrogens with zero attached hydrogens (tertiary/aromatic N) is 3. The highest BCUT2D eigenvalue weighted by molar-refractivity contribution is 5.98.